The lowest BCUT2D eigenvalue weighted by atomic mass is 10.3. The van der Waals surface area contributed by atoms with Crippen molar-refractivity contribution in [3.63, 3.8) is 0 Å². The summed E-state index contributed by atoms with van der Waals surface area (Å²) in [7, 11) is 0. The lowest BCUT2D eigenvalue weighted by molar-refractivity contribution is 0.996. The number of anilines is 1. The van der Waals surface area contributed by atoms with Gasteiger partial charge in [-0.25, -0.2) is 0 Å². The minimum Gasteiger partial charge on any atom is -0.397 e. The molecule has 1 heterocycles. The zero-order valence-corrected chi connectivity index (χ0v) is 6.10. The highest BCUT2D eigenvalue weighted by Gasteiger charge is 1.97. The second-order valence-electron chi connectivity index (χ2n) is 1.89. The maximum atomic E-state index is 5.59. The summed E-state index contributed by atoms with van der Waals surface area (Å²) >= 11 is 5.59. The summed E-state index contributed by atoms with van der Waals surface area (Å²) < 4.78 is 0. The molecule has 0 amide bonds. The average Bonchev–Trinajstić information content (AvgIpc) is 1.88. The fourth-order valence-corrected chi connectivity index (χ4v) is 0.820. The minimum absolute atomic E-state index is 0.350. The predicted molar refractivity (Wildman–Crippen MR) is 41.6 cm³/mol. The van der Waals surface area contributed by atoms with Gasteiger partial charge < -0.3 is 11.5 Å². The van der Waals surface area contributed by atoms with Crippen molar-refractivity contribution >= 4 is 17.3 Å². The molecule has 0 aliphatic rings. The van der Waals surface area contributed by atoms with E-state index in [9.17, 15) is 0 Å². The van der Waals surface area contributed by atoms with Gasteiger partial charge in [-0.15, -0.1) is 0 Å². The Morgan fingerprint density at radius 1 is 1.60 bits per heavy atom. The predicted octanol–water partition coefficient (Wildman–Crippen LogP) is 0.776. The maximum Gasteiger partial charge on any atom is 0.0769 e. The summed E-state index contributed by atoms with van der Waals surface area (Å²) in [6.07, 6.45) is 1.53. The lowest BCUT2D eigenvalue weighted by Crippen LogP contribution is -2.03. The van der Waals surface area contributed by atoms with E-state index in [1.165, 1.54) is 6.20 Å². The molecule has 3 nitrogen and oxygen atoms in total. The third-order valence-electron chi connectivity index (χ3n) is 1.16. The van der Waals surface area contributed by atoms with Crippen LogP contribution in [0.2, 0.25) is 5.02 Å². The van der Waals surface area contributed by atoms with Crippen LogP contribution < -0.4 is 11.5 Å². The van der Waals surface area contributed by atoms with Crippen LogP contribution in [-0.4, -0.2) is 4.98 Å². The summed E-state index contributed by atoms with van der Waals surface area (Å²) in [6.45, 7) is 0.350. The fourth-order valence-electron chi connectivity index (χ4n) is 0.654. The summed E-state index contributed by atoms with van der Waals surface area (Å²) in [5.41, 5.74) is 12.1. The van der Waals surface area contributed by atoms with Gasteiger partial charge in [0.1, 0.15) is 0 Å². The van der Waals surface area contributed by atoms with E-state index in [1.54, 1.807) is 6.07 Å². The van der Waals surface area contributed by atoms with Crippen LogP contribution in [0.3, 0.4) is 0 Å². The molecule has 1 aromatic rings. The minimum atomic E-state index is 0.350. The van der Waals surface area contributed by atoms with Crippen molar-refractivity contribution < 1.29 is 0 Å². The number of pyridine rings is 1. The number of hydrogen-bond acceptors (Lipinski definition) is 3. The van der Waals surface area contributed by atoms with Crippen LogP contribution in [0.25, 0.3) is 0 Å². The summed E-state index contributed by atoms with van der Waals surface area (Å²) in [5.74, 6) is 0. The van der Waals surface area contributed by atoms with E-state index in [-0.39, 0.29) is 0 Å². The van der Waals surface area contributed by atoms with Gasteiger partial charge in [-0.2, -0.15) is 0 Å². The molecule has 0 saturated carbocycles. The lowest BCUT2D eigenvalue weighted by Gasteiger charge is -1.99. The van der Waals surface area contributed by atoms with Crippen LogP contribution >= 0.6 is 11.6 Å². The first-order chi connectivity index (χ1) is 4.74. The third-order valence-corrected chi connectivity index (χ3v) is 1.37. The molecule has 1 rings (SSSR count). The van der Waals surface area contributed by atoms with E-state index >= 15 is 0 Å². The molecule has 0 aliphatic heterocycles. The fraction of sp³-hybridized carbons (Fsp3) is 0.167. The molecule has 10 heavy (non-hydrogen) atoms. The van der Waals surface area contributed by atoms with Gasteiger partial charge in [0.05, 0.1) is 16.4 Å². The van der Waals surface area contributed by atoms with Gasteiger partial charge in [0, 0.05) is 12.7 Å². The number of hydrogen-bond donors (Lipinski definition) is 2. The van der Waals surface area contributed by atoms with Crippen LogP contribution in [0.5, 0.6) is 0 Å². The Kier molecular flexibility index (Phi) is 2.09. The van der Waals surface area contributed by atoms with Gasteiger partial charge in [0.2, 0.25) is 0 Å². The van der Waals surface area contributed by atoms with E-state index in [2.05, 4.69) is 4.98 Å². The van der Waals surface area contributed by atoms with E-state index < -0.39 is 0 Å². The van der Waals surface area contributed by atoms with E-state index in [0.29, 0.717) is 22.9 Å². The second-order valence-corrected chi connectivity index (χ2v) is 2.33. The molecule has 0 unspecified atom stereocenters. The van der Waals surface area contributed by atoms with Gasteiger partial charge in [-0.3, -0.25) is 4.98 Å². The first-order valence-electron chi connectivity index (χ1n) is 2.84. The largest absolute Gasteiger partial charge is 0.397 e. The van der Waals surface area contributed by atoms with Crippen molar-refractivity contribution in [1.82, 2.24) is 4.98 Å². The summed E-state index contributed by atoms with van der Waals surface area (Å²) in [4.78, 5) is 3.91. The van der Waals surface area contributed by atoms with Crippen LogP contribution in [0.1, 0.15) is 5.69 Å². The average molecular weight is 158 g/mol. The van der Waals surface area contributed by atoms with Crippen LogP contribution in [0, 0.1) is 0 Å². The molecular weight excluding hydrogens is 150 g/mol. The zero-order chi connectivity index (χ0) is 7.56. The van der Waals surface area contributed by atoms with E-state index in [4.69, 9.17) is 23.1 Å². The Morgan fingerprint density at radius 3 is 2.80 bits per heavy atom. The second kappa shape index (κ2) is 2.86. The van der Waals surface area contributed by atoms with Gasteiger partial charge >= 0.3 is 0 Å². The Labute approximate surface area is 64.0 Å². The number of nitrogen functional groups attached to an aromatic ring is 1. The molecule has 1 aromatic heterocycles. The molecule has 4 heteroatoms. The molecule has 0 spiro atoms. The molecule has 0 atom stereocenters. The van der Waals surface area contributed by atoms with Crippen molar-refractivity contribution in [2.24, 2.45) is 5.73 Å². The Bertz CT molecular complexity index is 236. The highest BCUT2D eigenvalue weighted by molar-refractivity contribution is 6.30. The number of halogens is 1. The smallest absolute Gasteiger partial charge is 0.0769 e. The molecule has 0 bridgehead atoms. The molecule has 0 radical (unpaired) electrons. The number of rotatable bonds is 1. The van der Waals surface area contributed by atoms with Crippen LogP contribution in [0.15, 0.2) is 12.3 Å². The quantitative estimate of drug-likeness (QED) is 0.633. The van der Waals surface area contributed by atoms with Gasteiger partial charge in [0.15, 0.2) is 0 Å². The van der Waals surface area contributed by atoms with Crippen molar-refractivity contribution in [2.75, 3.05) is 5.73 Å². The molecule has 54 valence electrons. The zero-order valence-electron chi connectivity index (χ0n) is 5.34. The highest BCUT2D eigenvalue weighted by Crippen LogP contribution is 2.13. The monoisotopic (exact) mass is 157 g/mol. The summed E-state index contributed by atoms with van der Waals surface area (Å²) in [5, 5.41) is 0.537. The molecule has 0 fully saturated rings. The van der Waals surface area contributed by atoms with Crippen LogP contribution in [-0.2, 0) is 6.54 Å². The third kappa shape index (κ3) is 1.37. The molecular formula is C6H8ClN3. The van der Waals surface area contributed by atoms with Crippen molar-refractivity contribution in [1.29, 1.82) is 0 Å². The van der Waals surface area contributed by atoms with Crippen molar-refractivity contribution in [2.45, 2.75) is 6.54 Å². The first kappa shape index (κ1) is 7.31. The molecule has 0 saturated heterocycles. The molecule has 0 aliphatic carbocycles. The Morgan fingerprint density at radius 2 is 2.30 bits per heavy atom. The Balaban J connectivity index is 3.07. The topological polar surface area (TPSA) is 64.9 Å². The van der Waals surface area contributed by atoms with E-state index in [1.807, 2.05) is 0 Å². The number of nitrogens with zero attached hydrogens (tertiary/aromatic N) is 1. The highest BCUT2D eigenvalue weighted by atomic mass is 35.5. The van der Waals surface area contributed by atoms with Gasteiger partial charge in [0.25, 0.3) is 0 Å². The SMILES string of the molecule is NCc1ncc(Cl)cc1N. The number of aromatic nitrogens is 1. The number of nitrogens with two attached hydrogens (primary N) is 2. The standard InChI is InChI=1S/C6H8ClN3/c7-4-1-5(9)6(2-8)10-3-4/h1,3H,2,8-9H2. The maximum absolute atomic E-state index is 5.59. The first-order valence-corrected chi connectivity index (χ1v) is 3.22. The summed E-state index contributed by atoms with van der Waals surface area (Å²) in [6, 6.07) is 1.64. The molecule has 4 N–H and O–H groups in total. The van der Waals surface area contributed by atoms with Crippen molar-refractivity contribution in [3.05, 3.63) is 23.0 Å². The Hall–Kier alpha value is -0.800. The molecule has 0 aromatic carbocycles. The van der Waals surface area contributed by atoms with Gasteiger partial charge in [-0.1, -0.05) is 11.6 Å². The van der Waals surface area contributed by atoms with Crippen molar-refractivity contribution in [3.8, 4) is 0 Å². The normalized spacial score (nSPS) is 9.80. The van der Waals surface area contributed by atoms with Crippen LogP contribution in [0.4, 0.5) is 5.69 Å². The van der Waals surface area contributed by atoms with E-state index in [0.717, 1.165) is 0 Å². The van der Waals surface area contributed by atoms with Gasteiger partial charge in [-0.05, 0) is 6.07 Å².